The van der Waals surface area contributed by atoms with Gasteiger partial charge in [0.25, 0.3) is 0 Å². The molecule has 0 unspecified atom stereocenters. The zero-order valence-electron chi connectivity index (χ0n) is 8.60. The van der Waals surface area contributed by atoms with Crippen LogP contribution in [0.1, 0.15) is 12.0 Å². The molecule has 3 N–H and O–H groups in total. The largest absolute Gasteiger partial charge is 0.481 e. The molecule has 1 aromatic carbocycles. The van der Waals surface area contributed by atoms with Crippen LogP contribution in [-0.2, 0) is 11.2 Å². The maximum Gasteiger partial charge on any atom is 0.406 e. The molecule has 0 atom stereocenters. The highest BCUT2D eigenvalue weighted by molar-refractivity contribution is 6.52. The number of rotatable bonds is 5. The van der Waals surface area contributed by atoms with Crippen molar-refractivity contribution in [2.45, 2.75) is 19.7 Å². The second-order valence-electron chi connectivity index (χ2n) is 3.37. The third-order valence-electron chi connectivity index (χ3n) is 1.99. The van der Waals surface area contributed by atoms with Crippen molar-refractivity contribution in [1.29, 1.82) is 0 Å². The van der Waals surface area contributed by atoms with E-state index in [4.69, 9.17) is 5.11 Å². The van der Waals surface area contributed by atoms with Crippen LogP contribution in [-0.4, -0.2) is 23.2 Å². The Morgan fingerprint density at radius 2 is 2.13 bits per heavy atom. The molecule has 15 heavy (non-hydrogen) atoms. The molecule has 0 aromatic heterocycles. The topological polar surface area (TPSA) is 69.6 Å². The molecule has 0 aliphatic carbocycles. The molecule has 80 valence electrons. The first-order valence-electron chi connectivity index (χ1n) is 4.84. The fraction of sp³-hybridized carbons (Fsp3) is 0.300. The summed E-state index contributed by atoms with van der Waals surface area (Å²) in [5, 5.41) is 20.6. The summed E-state index contributed by atoms with van der Waals surface area (Å²) in [5.41, 5.74) is 1.69. The van der Waals surface area contributed by atoms with Crippen molar-refractivity contribution < 1.29 is 14.9 Å². The normalized spacial score (nSPS) is 9.73. The van der Waals surface area contributed by atoms with Crippen molar-refractivity contribution in [1.82, 2.24) is 0 Å². The SMILES string of the molecule is CB(O)Nc1ccccc1CCC(=O)O. The lowest BCUT2D eigenvalue weighted by Gasteiger charge is -2.11. The lowest BCUT2D eigenvalue weighted by molar-refractivity contribution is -0.136. The molecule has 0 bridgehead atoms. The van der Waals surface area contributed by atoms with Gasteiger partial charge in [-0.25, -0.2) is 0 Å². The second kappa shape index (κ2) is 5.41. The number of benzene rings is 1. The van der Waals surface area contributed by atoms with Gasteiger partial charge < -0.3 is 15.4 Å². The molecule has 0 aliphatic rings. The number of aryl methyl sites for hydroxylation is 1. The minimum atomic E-state index is -0.818. The zero-order chi connectivity index (χ0) is 11.3. The number of hydrogen-bond donors (Lipinski definition) is 3. The van der Waals surface area contributed by atoms with Gasteiger partial charge >= 0.3 is 13.0 Å². The summed E-state index contributed by atoms with van der Waals surface area (Å²) in [5.74, 6) is -0.818. The fourth-order valence-corrected chi connectivity index (χ4v) is 1.35. The Labute approximate surface area is 89.1 Å². The molecule has 0 amide bonds. The van der Waals surface area contributed by atoms with Crippen LogP contribution in [0.4, 0.5) is 5.69 Å². The van der Waals surface area contributed by atoms with Gasteiger partial charge in [-0.05, 0) is 24.9 Å². The Bertz CT molecular complexity index is 341. The molecular weight excluding hydrogens is 193 g/mol. The molecule has 0 saturated carbocycles. The lowest BCUT2D eigenvalue weighted by Crippen LogP contribution is -2.20. The van der Waals surface area contributed by atoms with Crippen molar-refractivity contribution in [2.24, 2.45) is 0 Å². The maximum absolute atomic E-state index is 10.4. The number of nitrogens with one attached hydrogen (secondary N) is 1. The van der Waals surface area contributed by atoms with Gasteiger partial charge in [-0.3, -0.25) is 4.79 Å². The van der Waals surface area contributed by atoms with Gasteiger partial charge in [-0.15, -0.1) is 0 Å². The number of aliphatic carboxylic acids is 1. The Hall–Kier alpha value is -1.49. The molecule has 0 fully saturated rings. The van der Waals surface area contributed by atoms with E-state index in [2.05, 4.69) is 5.23 Å². The Balaban J connectivity index is 2.72. The van der Waals surface area contributed by atoms with E-state index in [1.54, 1.807) is 6.82 Å². The number of carbonyl (C=O) groups is 1. The molecule has 1 aromatic rings. The summed E-state index contributed by atoms with van der Waals surface area (Å²) in [6, 6.07) is 7.37. The number of para-hydroxylation sites is 1. The average molecular weight is 207 g/mol. The summed E-state index contributed by atoms with van der Waals surface area (Å²) in [6.07, 6.45) is 0.559. The first-order valence-corrected chi connectivity index (χ1v) is 4.84. The third-order valence-corrected chi connectivity index (χ3v) is 1.99. The van der Waals surface area contributed by atoms with Crippen LogP contribution in [0, 0.1) is 0 Å². The summed E-state index contributed by atoms with van der Waals surface area (Å²) in [7, 11) is -0.643. The lowest BCUT2D eigenvalue weighted by atomic mass is 9.87. The quantitative estimate of drug-likeness (QED) is 0.635. The van der Waals surface area contributed by atoms with E-state index in [1.807, 2.05) is 24.3 Å². The molecule has 5 heteroatoms. The van der Waals surface area contributed by atoms with E-state index in [1.165, 1.54) is 0 Å². The standard InChI is InChI=1S/C10H14BNO3/c1-11(15)12-9-5-3-2-4-8(9)6-7-10(13)14/h2-5,12,15H,6-7H2,1H3,(H,13,14). The minimum absolute atomic E-state index is 0.0957. The van der Waals surface area contributed by atoms with Crippen LogP contribution in [0.15, 0.2) is 24.3 Å². The first-order chi connectivity index (χ1) is 7.09. The smallest absolute Gasteiger partial charge is 0.406 e. The second-order valence-corrected chi connectivity index (χ2v) is 3.37. The molecule has 0 heterocycles. The van der Waals surface area contributed by atoms with Gasteiger partial charge in [0.1, 0.15) is 0 Å². The number of anilines is 1. The summed E-state index contributed by atoms with van der Waals surface area (Å²) in [4.78, 5) is 10.4. The van der Waals surface area contributed by atoms with E-state index in [-0.39, 0.29) is 6.42 Å². The van der Waals surface area contributed by atoms with Crippen molar-refractivity contribution in [3.63, 3.8) is 0 Å². The van der Waals surface area contributed by atoms with Gasteiger partial charge in [-0.1, -0.05) is 18.2 Å². The highest BCUT2D eigenvalue weighted by atomic mass is 16.4. The van der Waals surface area contributed by atoms with Crippen molar-refractivity contribution in [3.8, 4) is 0 Å². The number of carboxylic acids is 1. The molecular formula is C10H14BNO3. The van der Waals surface area contributed by atoms with Crippen LogP contribution < -0.4 is 5.23 Å². The van der Waals surface area contributed by atoms with E-state index in [0.29, 0.717) is 6.42 Å². The van der Waals surface area contributed by atoms with Crippen molar-refractivity contribution in [2.75, 3.05) is 5.23 Å². The van der Waals surface area contributed by atoms with Gasteiger partial charge in [0.15, 0.2) is 0 Å². The van der Waals surface area contributed by atoms with Crippen molar-refractivity contribution in [3.05, 3.63) is 29.8 Å². The average Bonchev–Trinajstić information content (AvgIpc) is 2.15. The van der Waals surface area contributed by atoms with E-state index >= 15 is 0 Å². The zero-order valence-corrected chi connectivity index (χ0v) is 8.60. The van der Waals surface area contributed by atoms with E-state index in [0.717, 1.165) is 11.3 Å². The predicted octanol–water partition coefficient (Wildman–Crippen LogP) is 1.23. The Morgan fingerprint density at radius 1 is 1.47 bits per heavy atom. The molecule has 0 spiro atoms. The van der Waals surface area contributed by atoms with Crippen LogP contribution in [0.3, 0.4) is 0 Å². The number of hydrogen-bond acceptors (Lipinski definition) is 3. The first kappa shape index (κ1) is 11.6. The number of carboxylic acid groups (broad SMARTS) is 1. The Kier molecular flexibility index (Phi) is 4.18. The highest BCUT2D eigenvalue weighted by Gasteiger charge is 2.07. The molecule has 4 nitrogen and oxygen atoms in total. The van der Waals surface area contributed by atoms with E-state index in [9.17, 15) is 9.82 Å². The fourth-order valence-electron chi connectivity index (χ4n) is 1.35. The van der Waals surface area contributed by atoms with Crippen LogP contribution >= 0.6 is 0 Å². The monoisotopic (exact) mass is 207 g/mol. The van der Waals surface area contributed by atoms with Crippen molar-refractivity contribution >= 4 is 18.7 Å². The van der Waals surface area contributed by atoms with Crippen LogP contribution in [0.25, 0.3) is 0 Å². The molecule has 1 rings (SSSR count). The highest BCUT2D eigenvalue weighted by Crippen LogP contribution is 2.16. The van der Waals surface area contributed by atoms with Crippen LogP contribution in [0.5, 0.6) is 0 Å². The maximum atomic E-state index is 10.4. The van der Waals surface area contributed by atoms with Gasteiger partial charge in [0, 0.05) is 12.1 Å². The van der Waals surface area contributed by atoms with Gasteiger partial charge in [0.2, 0.25) is 0 Å². The van der Waals surface area contributed by atoms with E-state index < -0.39 is 13.0 Å². The summed E-state index contributed by atoms with van der Waals surface area (Å²) < 4.78 is 0. The third kappa shape index (κ3) is 4.04. The predicted molar refractivity (Wildman–Crippen MR) is 59.9 cm³/mol. The molecule has 0 aliphatic heterocycles. The van der Waals surface area contributed by atoms with Gasteiger partial charge in [0.05, 0.1) is 0 Å². The molecule has 0 saturated heterocycles. The summed E-state index contributed by atoms with van der Waals surface area (Å²) in [6.45, 7) is 1.62. The Morgan fingerprint density at radius 3 is 2.73 bits per heavy atom. The summed E-state index contributed by atoms with van der Waals surface area (Å²) >= 11 is 0. The molecule has 0 radical (unpaired) electrons. The van der Waals surface area contributed by atoms with Gasteiger partial charge in [-0.2, -0.15) is 0 Å². The minimum Gasteiger partial charge on any atom is -0.481 e. The van der Waals surface area contributed by atoms with Crippen LogP contribution in [0.2, 0.25) is 6.82 Å².